The molecule has 0 fully saturated rings. The molecule has 1 rings (SSSR count). The van der Waals surface area contributed by atoms with Crippen LogP contribution in [0.25, 0.3) is 0 Å². The lowest BCUT2D eigenvalue weighted by atomic mass is 10.2. The summed E-state index contributed by atoms with van der Waals surface area (Å²) in [6, 6.07) is 1.93. The highest BCUT2D eigenvalue weighted by molar-refractivity contribution is 5.93. The monoisotopic (exact) mass is 221 g/mol. The molecule has 0 saturated heterocycles. The second kappa shape index (κ2) is 6.79. The molecule has 0 radical (unpaired) electrons. The number of hydrazine groups is 1. The van der Waals surface area contributed by atoms with Gasteiger partial charge in [-0.1, -0.05) is 13.3 Å². The minimum Gasteiger partial charge on any atom is -0.324 e. The fraction of sp³-hybridized carbons (Fsp3) is 0.455. The van der Waals surface area contributed by atoms with Crippen molar-refractivity contribution < 1.29 is 0 Å². The van der Waals surface area contributed by atoms with E-state index in [9.17, 15) is 0 Å². The first-order valence-corrected chi connectivity index (χ1v) is 5.46. The van der Waals surface area contributed by atoms with Gasteiger partial charge < -0.3 is 5.32 Å². The molecule has 0 aliphatic heterocycles. The molecule has 0 atom stereocenters. The number of anilines is 1. The summed E-state index contributed by atoms with van der Waals surface area (Å²) in [5, 5.41) is 3.11. The number of aliphatic imine (C=N–C) groups is 1. The Labute approximate surface area is 96.1 Å². The van der Waals surface area contributed by atoms with Crippen molar-refractivity contribution >= 4 is 11.6 Å². The SMILES string of the molecule is CCCCN=C(NN)Nc1cnccc1C. The first-order valence-electron chi connectivity index (χ1n) is 5.46. The number of rotatable bonds is 4. The van der Waals surface area contributed by atoms with Gasteiger partial charge >= 0.3 is 0 Å². The van der Waals surface area contributed by atoms with Crippen LogP contribution in [0.3, 0.4) is 0 Å². The molecule has 0 aliphatic carbocycles. The highest BCUT2D eigenvalue weighted by Crippen LogP contribution is 2.10. The molecule has 5 nitrogen and oxygen atoms in total. The third-order valence-corrected chi connectivity index (χ3v) is 2.21. The molecular weight excluding hydrogens is 202 g/mol. The molecule has 1 aromatic heterocycles. The Morgan fingerprint density at radius 3 is 3.00 bits per heavy atom. The summed E-state index contributed by atoms with van der Waals surface area (Å²) in [7, 11) is 0. The van der Waals surface area contributed by atoms with E-state index in [1.165, 1.54) is 0 Å². The normalized spacial score (nSPS) is 11.3. The average molecular weight is 221 g/mol. The van der Waals surface area contributed by atoms with E-state index in [-0.39, 0.29) is 0 Å². The van der Waals surface area contributed by atoms with Crippen molar-refractivity contribution in [3.05, 3.63) is 24.0 Å². The molecule has 88 valence electrons. The Bertz CT molecular complexity index is 348. The highest BCUT2D eigenvalue weighted by Gasteiger charge is 2.00. The van der Waals surface area contributed by atoms with Crippen molar-refractivity contribution in [3.63, 3.8) is 0 Å². The van der Waals surface area contributed by atoms with Gasteiger partial charge in [0.2, 0.25) is 5.96 Å². The number of nitrogens with zero attached hydrogens (tertiary/aromatic N) is 2. The molecule has 0 spiro atoms. The number of nitrogens with one attached hydrogen (secondary N) is 2. The lowest BCUT2D eigenvalue weighted by Gasteiger charge is -2.10. The minimum absolute atomic E-state index is 0.574. The second-order valence-corrected chi connectivity index (χ2v) is 3.54. The van der Waals surface area contributed by atoms with Crippen LogP contribution < -0.4 is 16.6 Å². The first kappa shape index (κ1) is 12.4. The molecule has 0 unspecified atom stereocenters. The molecule has 5 heteroatoms. The Balaban J connectivity index is 2.63. The first-order chi connectivity index (χ1) is 7.77. The van der Waals surface area contributed by atoms with E-state index in [4.69, 9.17) is 5.84 Å². The number of aromatic nitrogens is 1. The minimum atomic E-state index is 0.574. The van der Waals surface area contributed by atoms with Gasteiger partial charge in [0.1, 0.15) is 0 Å². The molecule has 0 aliphatic rings. The van der Waals surface area contributed by atoms with E-state index in [0.29, 0.717) is 5.96 Å². The summed E-state index contributed by atoms with van der Waals surface area (Å²) in [6.07, 6.45) is 5.68. The van der Waals surface area contributed by atoms with Crippen molar-refractivity contribution in [1.82, 2.24) is 10.4 Å². The number of hydrogen-bond acceptors (Lipinski definition) is 3. The second-order valence-electron chi connectivity index (χ2n) is 3.54. The molecular formula is C11H19N5. The standard InChI is InChI=1S/C11H19N5/c1-3-4-6-14-11(16-12)15-10-8-13-7-5-9(10)2/h5,7-8H,3-4,6,12H2,1-2H3,(H2,14,15,16). The van der Waals surface area contributed by atoms with Crippen molar-refractivity contribution in [2.24, 2.45) is 10.8 Å². The Hall–Kier alpha value is -1.62. The summed E-state index contributed by atoms with van der Waals surface area (Å²) in [4.78, 5) is 8.35. The number of aryl methyl sites for hydroxylation is 1. The third-order valence-electron chi connectivity index (χ3n) is 2.21. The number of unbranched alkanes of at least 4 members (excludes halogenated alkanes) is 1. The zero-order valence-corrected chi connectivity index (χ0v) is 9.83. The highest BCUT2D eigenvalue weighted by atomic mass is 15.3. The number of hydrogen-bond donors (Lipinski definition) is 3. The summed E-state index contributed by atoms with van der Waals surface area (Å²) in [5.41, 5.74) is 4.57. The fourth-order valence-electron chi connectivity index (χ4n) is 1.19. The fourth-order valence-corrected chi connectivity index (χ4v) is 1.19. The number of nitrogens with two attached hydrogens (primary N) is 1. The van der Waals surface area contributed by atoms with Gasteiger partial charge in [0, 0.05) is 12.7 Å². The van der Waals surface area contributed by atoms with Crippen LogP contribution in [-0.2, 0) is 0 Å². The van der Waals surface area contributed by atoms with E-state index in [2.05, 4.69) is 27.6 Å². The molecule has 4 N–H and O–H groups in total. The van der Waals surface area contributed by atoms with E-state index in [0.717, 1.165) is 30.6 Å². The Morgan fingerprint density at radius 1 is 1.56 bits per heavy atom. The van der Waals surface area contributed by atoms with Crippen molar-refractivity contribution in [3.8, 4) is 0 Å². The average Bonchev–Trinajstić information content (AvgIpc) is 2.30. The largest absolute Gasteiger partial charge is 0.324 e. The lowest BCUT2D eigenvalue weighted by Crippen LogP contribution is -2.36. The molecule has 16 heavy (non-hydrogen) atoms. The lowest BCUT2D eigenvalue weighted by molar-refractivity contribution is 0.801. The van der Waals surface area contributed by atoms with E-state index >= 15 is 0 Å². The maximum atomic E-state index is 5.39. The summed E-state index contributed by atoms with van der Waals surface area (Å²) in [6.45, 7) is 4.90. The Kier molecular flexibility index (Phi) is 5.28. The van der Waals surface area contributed by atoms with E-state index < -0.39 is 0 Å². The van der Waals surface area contributed by atoms with Gasteiger partial charge in [0.15, 0.2) is 0 Å². The maximum absolute atomic E-state index is 5.39. The van der Waals surface area contributed by atoms with Gasteiger partial charge in [0.05, 0.1) is 11.9 Å². The summed E-state index contributed by atoms with van der Waals surface area (Å²) < 4.78 is 0. The molecule has 0 saturated carbocycles. The van der Waals surface area contributed by atoms with Crippen LogP contribution in [0.15, 0.2) is 23.5 Å². The van der Waals surface area contributed by atoms with Crippen LogP contribution in [0.2, 0.25) is 0 Å². The van der Waals surface area contributed by atoms with Gasteiger partial charge in [-0.25, -0.2) is 5.84 Å². The quantitative estimate of drug-likeness (QED) is 0.236. The molecule has 1 aromatic rings. The molecule has 0 bridgehead atoms. The zero-order valence-electron chi connectivity index (χ0n) is 9.83. The number of guanidine groups is 1. The zero-order chi connectivity index (χ0) is 11.8. The number of pyridine rings is 1. The van der Waals surface area contributed by atoms with Gasteiger partial charge in [-0.2, -0.15) is 0 Å². The van der Waals surface area contributed by atoms with Crippen LogP contribution >= 0.6 is 0 Å². The van der Waals surface area contributed by atoms with Crippen LogP contribution in [-0.4, -0.2) is 17.5 Å². The van der Waals surface area contributed by atoms with Gasteiger partial charge in [-0.15, -0.1) is 0 Å². The van der Waals surface area contributed by atoms with Crippen LogP contribution in [0.1, 0.15) is 25.3 Å². The maximum Gasteiger partial charge on any atom is 0.210 e. The summed E-state index contributed by atoms with van der Waals surface area (Å²) in [5.74, 6) is 5.96. The summed E-state index contributed by atoms with van der Waals surface area (Å²) >= 11 is 0. The van der Waals surface area contributed by atoms with E-state index in [1.54, 1.807) is 12.4 Å². The van der Waals surface area contributed by atoms with Gasteiger partial charge in [0.25, 0.3) is 0 Å². The van der Waals surface area contributed by atoms with Crippen molar-refractivity contribution in [2.45, 2.75) is 26.7 Å². The smallest absolute Gasteiger partial charge is 0.210 e. The third kappa shape index (κ3) is 3.86. The van der Waals surface area contributed by atoms with Gasteiger partial charge in [-0.3, -0.25) is 15.4 Å². The van der Waals surface area contributed by atoms with Gasteiger partial charge in [-0.05, 0) is 25.0 Å². The predicted octanol–water partition coefficient (Wildman–Crippen LogP) is 1.42. The van der Waals surface area contributed by atoms with Crippen LogP contribution in [0, 0.1) is 6.92 Å². The van der Waals surface area contributed by atoms with Crippen LogP contribution in [0.4, 0.5) is 5.69 Å². The van der Waals surface area contributed by atoms with Crippen LogP contribution in [0.5, 0.6) is 0 Å². The molecule has 0 aromatic carbocycles. The topological polar surface area (TPSA) is 75.3 Å². The Morgan fingerprint density at radius 2 is 2.38 bits per heavy atom. The predicted molar refractivity (Wildman–Crippen MR) is 67.1 cm³/mol. The molecule has 1 heterocycles. The van der Waals surface area contributed by atoms with Crippen molar-refractivity contribution in [1.29, 1.82) is 0 Å². The van der Waals surface area contributed by atoms with E-state index in [1.807, 2.05) is 13.0 Å². The molecule has 0 amide bonds. The van der Waals surface area contributed by atoms with Crippen molar-refractivity contribution in [2.75, 3.05) is 11.9 Å².